The van der Waals surface area contributed by atoms with Gasteiger partial charge in [0.2, 0.25) is 11.7 Å². The third-order valence-electron chi connectivity index (χ3n) is 3.29. The van der Waals surface area contributed by atoms with Crippen LogP contribution < -0.4 is 4.74 Å². The van der Waals surface area contributed by atoms with E-state index in [9.17, 15) is 9.18 Å². The van der Waals surface area contributed by atoms with Gasteiger partial charge >= 0.3 is 0 Å². The second-order valence-corrected chi connectivity index (χ2v) is 4.75. The molecule has 1 fully saturated rings. The van der Waals surface area contributed by atoms with Crippen LogP contribution in [-0.4, -0.2) is 54.7 Å². The van der Waals surface area contributed by atoms with Gasteiger partial charge in [-0.15, -0.1) is 0 Å². The highest BCUT2D eigenvalue weighted by Crippen LogP contribution is 2.21. The van der Waals surface area contributed by atoms with Gasteiger partial charge < -0.3 is 14.4 Å². The molecular formula is C13H18FN3O3. The Morgan fingerprint density at radius 2 is 2.30 bits per heavy atom. The van der Waals surface area contributed by atoms with Crippen molar-refractivity contribution in [3.63, 3.8) is 0 Å². The van der Waals surface area contributed by atoms with E-state index in [0.29, 0.717) is 38.4 Å². The Morgan fingerprint density at radius 3 is 3.00 bits per heavy atom. The summed E-state index contributed by atoms with van der Waals surface area (Å²) in [4.78, 5) is 21.5. The standard InChI is InChI=1S/C13H18FN3O3/c1-19-4-3-17-8-9(6-12(17)18)5-11-15-7-10(14)13(16-11)20-2/h7,9H,3-6,8H2,1-2H3/t9-/m0/s1. The van der Waals surface area contributed by atoms with E-state index in [-0.39, 0.29) is 17.7 Å². The fourth-order valence-corrected chi connectivity index (χ4v) is 2.29. The number of halogens is 1. The van der Waals surface area contributed by atoms with Crippen molar-refractivity contribution in [3.05, 3.63) is 17.8 Å². The Morgan fingerprint density at radius 1 is 1.50 bits per heavy atom. The second-order valence-electron chi connectivity index (χ2n) is 4.75. The molecule has 0 saturated carbocycles. The van der Waals surface area contributed by atoms with E-state index in [0.717, 1.165) is 6.20 Å². The van der Waals surface area contributed by atoms with Crippen molar-refractivity contribution < 1.29 is 18.7 Å². The molecule has 1 aromatic rings. The number of aromatic nitrogens is 2. The maximum Gasteiger partial charge on any atom is 0.253 e. The molecule has 1 aromatic heterocycles. The molecule has 1 aliphatic rings. The molecule has 0 unspecified atom stereocenters. The molecule has 0 bridgehead atoms. The smallest absolute Gasteiger partial charge is 0.253 e. The number of hydrogen-bond acceptors (Lipinski definition) is 5. The average Bonchev–Trinajstić information content (AvgIpc) is 2.78. The van der Waals surface area contributed by atoms with Crippen molar-refractivity contribution in [1.29, 1.82) is 0 Å². The highest BCUT2D eigenvalue weighted by molar-refractivity contribution is 5.78. The number of ether oxygens (including phenoxy) is 2. The van der Waals surface area contributed by atoms with Crippen LogP contribution in [0.25, 0.3) is 0 Å². The molecule has 0 spiro atoms. The molecule has 0 aromatic carbocycles. The number of carbonyl (C=O) groups is 1. The van der Waals surface area contributed by atoms with Crippen LogP contribution in [0.5, 0.6) is 5.88 Å². The van der Waals surface area contributed by atoms with Crippen molar-refractivity contribution in [1.82, 2.24) is 14.9 Å². The molecule has 0 N–H and O–H groups in total. The third-order valence-corrected chi connectivity index (χ3v) is 3.29. The molecule has 1 saturated heterocycles. The summed E-state index contributed by atoms with van der Waals surface area (Å²) in [6.45, 7) is 1.78. The van der Waals surface area contributed by atoms with Gasteiger partial charge in [-0.2, -0.15) is 9.37 Å². The molecule has 2 heterocycles. The van der Waals surface area contributed by atoms with Gasteiger partial charge in [0.05, 0.1) is 19.9 Å². The predicted molar refractivity (Wildman–Crippen MR) is 68.8 cm³/mol. The summed E-state index contributed by atoms with van der Waals surface area (Å²) in [7, 11) is 2.97. The zero-order valence-electron chi connectivity index (χ0n) is 11.6. The summed E-state index contributed by atoms with van der Waals surface area (Å²) < 4.78 is 23.0. The van der Waals surface area contributed by atoms with Gasteiger partial charge in [0.1, 0.15) is 5.82 Å². The lowest BCUT2D eigenvalue weighted by Gasteiger charge is -2.15. The molecule has 1 atom stereocenters. The van der Waals surface area contributed by atoms with Gasteiger partial charge in [0.15, 0.2) is 0 Å². The first-order valence-corrected chi connectivity index (χ1v) is 6.46. The first-order chi connectivity index (χ1) is 9.63. The zero-order chi connectivity index (χ0) is 14.5. The number of carbonyl (C=O) groups excluding carboxylic acids is 1. The molecule has 110 valence electrons. The van der Waals surface area contributed by atoms with E-state index in [1.54, 1.807) is 12.0 Å². The van der Waals surface area contributed by atoms with Crippen LogP contribution >= 0.6 is 0 Å². The molecule has 0 aliphatic carbocycles. The average molecular weight is 283 g/mol. The summed E-state index contributed by atoms with van der Waals surface area (Å²) in [6.07, 6.45) is 2.10. The van der Waals surface area contributed by atoms with Crippen LogP contribution in [0.1, 0.15) is 12.2 Å². The highest BCUT2D eigenvalue weighted by Gasteiger charge is 2.30. The number of methoxy groups -OCH3 is 2. The minimum Gasteiger partial charge on any atom is -0.479 e. The Hall–Kier alpha value is -1.76. The number of nitrogens with zero attached hydrogens (tertiary/aromatic N) is 3. The summed E-state index contributed by atoms with van der Waals surface area (Å²) in [5.74, 6) is 0.112. The lowest BCUT2D eigenvalue weighted by molar-refractivity contribution is -0.128. The van der Waals surface area contributed by atoms with Gasteiger partial charge in [-0.3, -0.25) is 4.79 Å². The topological polar surface area (TPSA) is 64.6 Å². The highest BCUT2D eigenvalue weighted by atomic mass is 19.1. The van der Waals surface area contributed by atoms with E-state index in [2.05, 4.69) is 9.97 Å². The summed E-state index contributed by atoms with van der Waals surface area (Å²) in [5.41, 5.74) is 0. The van der Waals surface area contributed by atoms with Gasteiger partial charge in [-0.05, 0) is 5.92 Å². The monoisotopic (exact) mass is 283 g/mol. The maximum absolute atomic E-state index is 13.2. The van der Waals surface area contributed by atoms with Crippen molar-refractivity contribution in [2.75, 3.05) is 33.9 Å². The van der Waals surface area contributed by atoms with E-state index < -0.39 is 5.82 Å². The van der Waals surface area contributed by atoms with Crippen molar-refractivity contribution in [2.45, 2.75) is 12.8 Å². The van der Waals surface area contributed by atoms with E-state index in [1.807, 2.05) is 0 Å². The minimum atomic E-state index is -0.583. The summed E-state index contributed by atoms with van der Waals surface area (Å²) >= 11 is 0. The number of rotatable bonds is 6. The SMILES string of the molecule is COCCN1C[C@@H](Cc2ncc(F)c(OC)n2)CC1=O. The molecule has 0 radical (unpaired) electrons. The molecule has 20 heavy (non-hydrogen) atoms. The van der Waals surface area contributed by atoms with Gasteiger partial charge in [0, 0.05) is 33.0 Å². The van der Waals surface area contributed by atoms with Crippen molar-refractivity contribution in [3.8, 4) is 5.88 Å². The van der Waals surface area contributed by atoms with Crippen molar-refractivity contribution in [2.24, 2.45) is 5.92 Å². The largest absolute Gasteiger partial charge is 0.479 e. The molecule has 6 nitrogen and oxygen atoms in total. The zero-order valence-corrected chi connectivity index (χ0v) is 11.6. The quantitative estimate of drug-likeness (QED) is 0.767. The second kappa shape index (κ2) is 6.60. The van der Waals surface area contributed by atoms with Crippen LogP contribution in [0.3, 0.4) is 0 Å². The van der Waals surface area contributed by atoms with E-state index in [1.165, 1.54) is 7.11 Å². The Balaban J connectivity index is 1.96. The first kappa shape index (κ1) is 14.6. The minimum absolute atomic E-state index is 0.0597. The fraction of sp³-hybridized carbons (Fsp3) is 0.615. The Labute approximate surface area is 116 Å². The molecular weight excluding hydrogens is 265 g/mol. The first-order valence-electron chi connectivity index (χ1n) is 6.46. The number of amides is 1. The van der Waals surface area contributed by atoms with Gasteiger partial charge in [0.25, 0.3) is 5.88 Å². The lowest BCUT2D eigenvalue weighted by Crippen LogP contribution is -2.29. The van der Waals surface area contributed by atoms with Crippen LogP contribution in [0, 0.1) is 11.7 Å². The van der Waals surface area contributed by atoms with E-state index >= 15 is 0 Å². The molecule has 1 amide bonds. The lowest BCUT2D eigenvalue weighted by atomic mass is 10.0. The predicted octanol–water partition coefficient (Wildman–Crippen LogP) is 0.662. The van der Waals surface area contributed by atoms with Crippen molar-refractivity contribution >= 4 is 5.91 Å². The maximum atomic E-state index is 13.2. The van der Waals surface area contributed by atoms with E-state index in [4.69, 9.17) is 9.47 Å². The van der Waals surface area contributed by atoms with Crippen LogP contribution in [-0.2, 0) is 16.0 Å². The summed E-state index contributed by atoms with van der Waals surface area (Å²) in [6, 6.07) is 0. The Kier molecular flexibility index (Phi) is 4.84. The van der Waals surface area contributed by atoms with Crippen LogP contribution in [0.4, 0.5) is 4.39 Å². The normalized spacial score (nSPS) is 18.6. The number of likely N-dealkylation sites (tertiary alicyclic amines) is 1. The van der Waals surface area contributed by atoms with Crippen LogP contribution in [0.2, 0.25) is 0 Å². The third kappa shape index (κ3) is 3.41. The number of hydrogen-bond donors (Lipinski definition) is 0. The molecule has 1 aliphatic heterocycles. The summed E-state index contributed by atoms with van der Waals surface area (Å²) in [5, 5.41) is 0. The van der Waals surface area contributed by atoms with Gasteiger partial charge in [-0.1, -0.05) is 0 Å². The molecule has 2 rings (SSSR count). The molecule has 7 heteroatoms. The Bertz CT molecular complexity index is 484. The van der Waals surface area contributed by atoms with Crippen LogP contribution in [0.15, 0.2) is 6.20 Å². The van der Waals surface area contributed by atoms with Gasteiger partial charge in [-0.25, -0.2) is 4.98 Å². The fourth-order valence-electron chi connectivity index (χ4n) is 2.29.